The third-order valence-electron chi connectivity index (χ3n) is 1.42. The van der Waals surface area contributed by atoms with Crippen LogP contribution in [0.1, 0.15) is 10.4 Å². The molecule has 2 N–H and O–H groups in total. The third-order valence-corrected chi connectivity index (χ3v) is 1.42. The van der Waals surface area contributed by atoms with E-state index in [9.17, 15) is 14.9 Å². The highest BCUT2D eigenvalue weighted by atomic mass is 79.9. The number of aromatic hydroxyl groups is 2. The predicted octanol–water partition coefficient (Wildman–Crippen LogP) is 1.40. The Bertz CT molecular complexity index is 379. The summed E-state index contributed by atoms with van der Waals surface area (Å²) in [6.45, 7) is 0. The molecule has 0 atom stereocenters. The summed E-state index contributed by atoms with van der Waals surface area (Å²) < 4.78 is 0. The van der Waals surface area contributed by atoms with Crippen molar-refractivity contribution in [2.24, 2.45) is 0 Å². The molecule has 1 aromatic rings. The highest BCUT2D eigenvalue weighted by molar-refractivity contribution is 8.93. The predicted molar refractivity (Wildman–Crippen MR) is 52.1 cm³/mol. The van der Waals surface area contributed by atoms with Gasteiger partial charge in [0.25, 0.3) is 0 Å². The number of rotatable bonds is 2. The molecule has 0 aliphatic carbocycles. The molecular formula is C7H6BrNO5. The second-order valence-electron chi connectivity index (χ2n) is 2.28. The summed E-state index contributed by atoms with van der Waals surface area (Å²) in [5.74, 6) is -1.52. The number of nitro benzene ring substituents is 1. The first-order valence-corrected chi connectivity index (χ1v) is 3.22. The Balaban J connectivity index is 0.00000169. The number of aldehydes is 1. The van der Waals surface area contributed by atoms with Crippen molar-refractivity contribution in [2.75, 3.05) is 0 Å². The van der Waals surface area contributed by atoms with E-state index >= 15 is 0 Å². The van der Waals surface area contributed by atoms with Crippen LogP contribution in [0.5, 0.6) is 11.5 Å². The molecule has 6 nitrogen and oxygen atoms in total. The van der Waals surface area contributed by atoms with Crippen LogP contribution in [-0.2, 0) is 0 Å². The van der Waals surface area contributed by atoms with E-state index in [0.717, 1.165) is 12.1 Å². The number of hydrogen-bond donors (Lipinski definition) is 2. The lowest BCUT2D eigenvalue weighted by Crippen LogP contribution is -1.91. The fourth-order valence-electron chi connectivity index (χ4n) is 0.833. The number of halogens is 1. The smallest absolute Gasteiger partial charge is 0.315 e. The maximum absolute atomic E-state index is 10.3. The van der Waals surface area contributed by atoms with Crippen molar-refractivity contribution < 1.29 is 19.9 Å². The van der Waals surface area contributed by atoms with Gasteiger partial charge in [0.1, 0.15) is 6.29 Å². The molecule has 0 bridgehead atoms. The summed E-state index contributed by atoms with van der Waals surface area (Å²) >= 11 is 0. The van der Waals surface area contributed by atoms with Gasteiger partial charge in [0.05, 0.1) is 4.92 Å². The van der Waals surface area contributed by atoms with Gasteiger partial charge in [-0.1, -0.05) is 0 Å². The van der Waals surface area contributed by atoms with E-state index in [4.69, 9.17) is 10.2 Å². The lowest BCUT2D eigenvalue weighted by atomic mass is 10.2. The van der Waals surface area contributed by atoms with Gasteiger partial charge < -0.3 is 10.2 Å². The number of benzene rings is 1. The summed E-state index contributed by atoms with van der Waals surface area (Å²) in [5, 5.41) is 28.2. The number of carbonyl (C=O) groups is 1. The number of nitrogens with zero attached hydrogens (tertiary/aromatic N) is 1. The summed E-state index contributed by atoms with van der Waals surface area (Å²) in [5.41, 5.74) is -0.760. The Morgan fingerprint density at radius 3 is 2.36 bits per heavy atom. The van der Waals surface area contributed by atoms with Gasteiger partial charge in [-0.25, -0.2) is 0 Å². The van der Waals surface area contributed by atoms with Crippen LogP contribution in [0.15, 0.2) is 12.1 Å². The third kappa shape index (κ3) is 2.19. The van der Waals surface area contributed by atoms with Crippen molar-refractivity contribution in [3.8, 4) is 11.5 Å². The van der Waals surface area contributed by atoms with Crippen LogP contribution >= 0.6 is 17.0 Å². The molecule has 0 fully saturated rings. The lowest BCUT2D eigenvalue weighted by molar-refractivity contribution is -0.386. The van der Waals surface area contributed by atoms with Crippen LogP contribution in [0.3, 0.4) is 0 Å². The summed E-state index contributed by atoms with van der Waals surface area (Å²) in [7, 11) is 0. The fourth-order valence-corrected chi connectivity index (χ4v) is 0.833. The Morgan fingerprint density at radius 2 is 1.93 bits per heavy atom. The molecule has 1 aromatic carbocycles. The Hall–Kier alpha value is -1.63. The molecule has 0 radical (unpaired) electrons. The van der Waals surface area contributed by atoms with Crippen molar-refractivity contribution in [1.29, 1.82) is 0 Å². The van der Waals surface area contributed by atoms with Gasteiger partial charge in [-0.05, 0) is 6.07 Å². The standard InChI is InChI=1S/C7H5NO5.BrH/c9-3-4-1-5(8(12)13)7(11)6(10)2-4;/h1-3,10-11H;1H. The van der Waals surface area contributed by atoms with Crippen molar-refractivity contribution in [3.05, 3.63) is 27.8 Å². The first-order valence-electron chi connectivity index (χ1n) is 3.22. The number of carbonyl (C=O) groups excluding carboxylic acids is 1. The van der Waals surface area contributed by atoms with Crippen LogP contribution in [0.4, 0.5) is 5.69 Å². The minimum atomic E-state index is -0.887. The highest BCUT2D eigenvalue weighted by Gasteiger charge is 2.18. The maximum Gasteiger partial charge on any atom is 0.315 e. The SMILES string of the molecule is Br.O=Cc1cc(O)c(O)c([N+](=O)[O-])c1. The van der Waals surface area contributed by atoms with Crippen molar-refractivity contribution >= 4 is 29.0 Å². The minimum Gasteiger partial charge on any atom is -0.504 e. The molecule has 0 saturated heterocycles. The normalized spacial score (nSPS) is 8.86. The van der Waals surface area contributed by atoms with E-state index in [-0.39, 0.29) is 22.5 Å². The number of hydrogen-bond acceptors (Lipinski definition) is 5. The van der Waals surface area contributed by atoms with E-state index < -0.39 is 22.1 Å². The van der Waals surface area contributed by atoms with Crippen molar-refractivity contribution in [2.45, 2.75) is 0 Å². The van der Waals surface area contributed by atoms with Gasteiger partial charge in [0.15, 0.2) is 5.75 Å². The molecular weight excluding hydrogens is 258 g/mol. The Morgan fingerprint density at radius 1 is 1.36 bits per heavy atom. The lowest BCUT2D eigenvalue weighted by Gasteiger charge is -1.99. The van der Waals surface area contributed by atoms with Crippen molar-refractivity contribution in [3.63, 3.8) is 0 Å². The van der Waals surface area contributed by atoms with Crippen LogP contribution in [0.2, 0.25) is 0 Å². The molecule has 0 spiro atoms. The van der Waals surface area contributed by atoms with Crippen LogP contribution in [0.25, 0.3) is 0 Å². The molecule has 0 saturated carbocycles. The maximum atomic E-state index is 10.3. The topological polar surface area (TPSA) is 101 Å². The first kappa shape index (κ1) is 12.4. The van der Waals surface area contributed by atoms with Crippen LogP contribution in [-0.4, -0.2) is 21.4 Å². The average molecular weight is 264 g/mol. The second-order valence-corrected chi connectivity index (χ2v) is 2.28. The summed E-state index contributed by atoms with van der Waals surface area (Å²) in [6.07, 6.45) is 0.339. The molecule has 1 rings (SSSR count). The zero-order chi connectivity index (χ0) is 10.0. The molecule has 0 unspecified atom stereocenters. The zero-order valence-corrected chi connectivity index (χ0v) is 8.42. The molecule has 0 heterocycles. The average Bonchev–Trinajstić information content (AvgIpc) is 2.09. The molecule has 0 aromatic heterocycles. The number of phenolic OH excluding ortho intramolecular Hbond substituents is 2. The molecule has 0 aliphatic rings. The van der Waals surface area contributed by atoms with E-state index in [0.29, 0.717) is 6.29 Å². The van der Waals surface area contributed by atoms with E-state index in [2.05, 4.69) is 0 Å². The van der Waals surface area contributed by atoms with Gasteiger partial charge >= 0.3 is 5.69 Å². The minimum absolute atomic E-state index is 0. The Kier molecular flexibility index (Phi) is 4.03. The number of nitro groups is 1. The van der Waals surface area contributed by atoms with Gasteiger partial charge in [0, 0.05) is 11.6 Å². The van der Waals surface area contributed by atoms with E-state index in [1.54, 1.807) is 0 Å². The molecule has 76 valence electrons. The Labute approximate surface area is 88.7 Å². The van der Waals surface area contributed by atoms with E-state index in [1.165, 1.54) is 0 Å². The molecule has 0 aliphatic heterocycles. The fraction of sp³-hybridized carbons (Fsp3) is 0. The molecule has 0 amide bonds. The monoisotopic (exact) mass is 263 g/mol. The van der Waals surface area contributed by atoms with Crippen LogP contribution in [0, 0.1) is 10.1 Å². The number of phenols is 2. The van der Waals surface area contributed by atoms with Gasteiger partial charge in [-0.3, -0.25) is 14.9 Å². The van der Waals surface area contributed by atoms with Gasteiger partial charge in [-0.15, -0.1) is 17.0 Å². The van der Waals surface area contributed by atoms with Gasteiger partial charge in [-0.2, -0.15) is 0 Å². The summed E-state index contributed by atoms with van der Waals surface area (Å²) in [6, 6.07) is 1.82. The van der Waals surface area contributed by atoms with Crippen molar-refractivity contribution in [1.82, 2.24) is 0 Å². The molecule has 14 heavy (non-hydrogen) atoms. The first-order chi connectivity index (χ1) is 6.06. The zero-order valence-electron chi connectivity index (χ0n) is 6.71. The van der Waals surface area contributed by atoms with Gasteiger partial charge in [0.2, 0.25) is 5.75 Å². The van der Waals surface area contributed by atoms with Crippen LogP contribution < -0.4 is 0 Å². The molecule has 7 heteroatoms. The quantitative estimate of drug-likeness (QED) is 0.364. The van der Waals surface area contributed by atoms with E-state index in [1.807, 2.05) is 0 Å². The largest absolute Gasteiger partial charge is 0.504 e. The highest BCUT2D eigenvalue weighted by Crippen LogP contribution is 2.35. The summed E-state index contributed by atoms with van der Waals surface area (Å²) in [4.78, 5) is 19.6. The second kappa shape index (κ2) is 4.56.